The molecule has 2 rings (SSSR count). The second kappa shape index (κ2) is 5.93. The molecule has 100 valence electrons. The van der Waals surface area contributed by atoms with Crippen molar-refractivity contribution in [3.63, 3.8) is 0 Å². The molecule has 2 unspecified atom stereocenters. The molecule has 1 aliphatic rings. The van der Waals surface area contributed by atoms with Crippen molar-refractivity contribution in [1.82, 2.24) is 4.98 Å². The summed E-state index contributed by atoms with van der Waals surface area (Å²) in [5, 5.41) is 13.8. The second-order valence-corrected chi connectivity index (χ2v) is 7.24. The van der Waals surface area contributed by atoms with E-state index >= 15 is 0 Å². The number of aromatic carboxylic acids is 1. The van der Waals surface area contributed by atoms with Gasteiger partial charge in [0.25, 0.3) is 0 Å². The third kappa shape index (κ3) is 3.17. The van der Waals surface area contributed by atoms with Crippen LogP contribution >= 0.6 is 23.1 Å². The van der Waals surface area contributed by atoms with Crippen LogP contribution < -0.4 is 5.32 Å². The number of carboxylic acid groups (broad SMARTS) is 1. The molecule has 1 fully saturated rings. The minimum absolute atomic E-state index is 0.181. The molecule has 1 aliphatic carbocycles. The lowest BCUT2D eigenvalue weighted by molar-refractivity contribution is 0.0690. The molecule has 0 bridgehead atoms. The number of aryl methyl sites for hydroxylation is 1. The van der Waals surface area contributed by atoms with Crippen molar-refractivity contribution in [3.05, 3.63) is 10.6 Å². The quantitative estimate of drug-likeness (QED) is 0.870. The van der Waals surface area contributed by atoms with E-state index in [1.807, 2.05) is 11.8 Å². The topological polar surface area (TPSA) is 62.2 Å². The van der Waals surface area contributed by atoms with Gasteiger partial charge < -0.3 is 10.4 Å². The summed E-state index contributed by atoms with van der Waals surface area (Å²) >= 11 is 3.45. The van der Waals surface area contributed by atoms with Crippen molar-refractivity contribution in [2.75, 3.05) is 11.1 Å². The number of thioether (sulfide) groups is 1. The monoisotopic (exact) mass is 286 g/mol. The number of carboxylic acids is 1. The van der Waals surface area contributed by atoms with Gasteiger partial charge in [0.2, 0.25) is 0 Å². The maximum atomic E-state index is 10.9. The van der Waals surface area contributed by atoms with Gasteiger partial charge in [0, 0.05) is 16.2 Å². The smallest absolute Gasteiger partial charge is 0.355 e. The first-order chi connectivity index (χ1) is 8.60. The highest BCUT2D eigenvalue weighted by Crippen LogP contribution is 2.32. The van der Waals surface area contributed by atoms with Gasteiger partial charge in [-0.25, -0.2) is 9.78 Å². The average Bonchev–Trinajstić information content (AvgIpc) is 2.87. The molecule has 1 saturated carbocycles. The lowest BCUT2D eigenvalue weighted by Crippen LogP contribution is -2.16. The third-order valence-corrected chi connectivity index (χ3v) is 5.25. The molecule has 1 aromatic rings. The Morgan fingerprint density at radius 1 is 1.61 bits per heavy atom. The van der Waals surface area contributed by atoms with Gasteiger partial charge in [0.15, 0.2) is 10.8 Å². The van der Waals surface area contributed by atoms with Crippen molar-refractivity contribution in [2.24, 2.45) is 0 Å². The van der Waals surface area contributed by atoms with E-state index in [0.29, 0.717) is 6.04 Å². The first-order valence-electron chi connectivity index (χ1n) is 6.19. The molecular formula is C12H18N2O2S2. The van der Waals surface area contributed by atoms with Crippen LogP contribution in [-0.4, -0.2) is 33.1 Å². The minimum atomic E-state index is -0.942. The summed E-state index contributed by atoms with van der Waals surface area (Å²) in [7, 11) is 0. The highest BCUT2D eigenvalue weighted by atomic mass is 32.2. The fourth-order valence-corrected chi connectivity index (χ4v) is 4.31. The van der Waals surface area contributed by atoms with Gasteiger partial charge >= 0.3 is 5.97 Å². The zero-order chi connectivity index (χ0) is 13.1. The minimum Gasteiger partial charge on any atom is -0.476 e. The van der Waals surface area contributed by atoms with Crippen LogP contribution in [0.15, 0.2) is 0 Å². The number of carbonyl (C=O) groups is 1. The van der Waals surface area contributed by atoms with Gasteiger partial charge in [-0.1, -0.05) is 6.92 Å². The van der Waals surface area contributed by atoms with Crippen LogP contribution in [0.2, 0.25) is 0 Å². The van der Waals surface area contributed by atoms with Gasteiger partial charge in [-0.15, -0.1) is 11.3 Å². The van der Waals surface area contributed by atoms with Crippen LogP contribution in [0.5, 0.6) is 0 Å². The number of nitrogens with one attached hydrogen (secondary N) is 1. The van der Waals surface area contributed by atoms with E-state index in [0.717, 1.165) is 33.9 Å². The van der Waals surface area contributed by atoms with E-state index in [4.69, 9.17) is 5.11 Å². The number of nitrogens with zero attached hydrogens (tertiary/aromatic N) is 1. The van der Waals surface area contributed by atoms with Crippen molar-refractivity contribution in [3.8, 4) is 0 Å². The third-order valence-electron chi connectivity index (χ3n) is 3.11. The zero-order valence-corrected chi connectivity index (χ0v) is 12.2. The largest absolute Gasteiger partial charge is 0.476 e. The van der Waals surface area contributed by atoms with E-state index in [9.17, 15) is 4.79 Å². The van der Waals surface area contributed by atoms with Crippen LogP contribution in [0, 0.1) is 6.92 Å². The average molecular weight is 286 g/mol. The Morgan fingerprint density at radius 2 is 2.39 bits per heavy atom. The molecule has 6 heteroatoms. The number of thiazole rings is 1. The summed E-state index contributed by atoms with van der Waals surface area (Å²) in [5.74, 6) is 0.222. The van der Waals surface area contributed by atoms with Crippen LogP contribution in [0.1, 0.15) is 41.6 Å². The molecule has 0 aromatic carbocycles. The lowest BCUT2D eigenvalue weighted by atomic mass is 10.3. The predicted molar refractivity (Wildman–Crippen MR) is 77.0 cm³/mol. The van der Waals surface area contributed by atoms with E-state index in [-0.39, 0.29) is 5.69 Å². The molecular weight excluding hydrogens is 268 g/mol. The Morgan fingerprint density at radius 3 is 3.00 bits per heavy atom. The molecule has 0 spiro atoms. The molecule has 2 atom stereocenters. The maximum absolute atomic E-state index is 10.9. The number of anilines is 1. The summed E-state index contributed by atoms with van der Waals surface area (Å²) in [6.45, 7) is 3.99. The van der Waals surface area contributed by atoms with Crippen molar-refractivity contribution < 1.29 is 9.90 Å². The van der Waals surface area contributed by atoms with Gasteiger partial charge in [0.05, 0.1) is 0 Å². The highest BCUT2D eigenvalue weighted by molar-refractivity contribution is 7.99. The summed E-state index contributed by atoms with van der Waals surface area (Å²) in [4.78, 5) is 15.8. The predicted octanol–water partition coefficient (Wildman–Crippen LogP) is 3.24. The van der Waals surface area contributed by atoms with Crippen molar-refractivity contribution in [2.45, 2.75) is 44.4 Å². The Labute approximate surface area is 115 Å². The first-order valence-corrected chi connectivity index (χ1v) is 8.05. The molecule has 2 N–H and O–H groups in total. The normalized spacial score (nSPS) is 23.2. The van der Waals surface area contributed by atoms with Crippen LogP contribution in [0.4, 0.5) is 5.13 Å². The second-order valence-electron chi connectivity index (χ2n) is 4.46. The van der Waals surface area contributed by atoms with E-state index in [1.54, 1.807) is 6.92 Å². The highest BCUT2D eigenvalue weighted by Gasteiger charge is 2.25. The van der Waals surface area contributed by atoms with E-state index in [1.165, 1.54) is 17.8 Å². The fraction of sp³-hybridized carbons (Fsp3) is 0.667. The Balaban J connectivity index is 1.94. The van der Waals surface area contributed by atoms with Crippen LogP contribution in [0.3, 0.4) is 0 Å². The molecule has 1 heterocycles. The van der Waals surface area contributed by atoms with E-state index < -0.39 is 5.97 Å². The van der Waals surface area contributed by atoms with Gasteiger partial charge in [-0.3, -0.25) is 0 Å². The standard InChI is InChI=1S/C12H18N2O2S2/c1-3-17-9-5-4-8(6-9)13-12-14-10(11(15)16)7(2)18-12/h8-9H,3-6H2,1-2H3,(H,13,14)(H,15,16). The molecule has 0 amide bonds. The Hall–Kier alpha value is -0.750. The lowest BCUT2D eigenvalue weighted by Gasteiger charge is -2.11. The van der Waals surface area contributed by atoms with Gasteiger partial charge in [0.1, 0.15) is 0 Å². The SMILES string of the molecule is CCSC1CCC(Nc2nc(C(=O)O)c(C)s2)C1. The Kier molecular flexibility index (Phi) is 4.50. The molecule has 0 aliphatic heterocycles. The number of hydrogen-bond acceptors (Lipinski definition) is 5. The van der Waals surface area contributed by atoms with Crippen LogP contribution in [-0.2, 0) is 0 Å². The Bertz CT molecular complexity index is 434. The zero-order valence-electron chi connectivity index (χ0n) is 10.6. The number of hydrogen-bond donors (Lipinski definition) is 2. The van der Waals surface area contributed by atoms with Gasteiger partial charge in [-0.2, -0.15) is 11.8 Å². The molecule has 18 heavy (non-hydrogen) atoms. The van der Waals surface area contributed by atoms with E-state index in [2.05, 4.69) is 17.2 Å². The first kappa shape index (κ1) is 13.7. The van der Waals surface area contributed by atoms with Crippen molar-refractivity contribution >= 4 is 34.2 Å². The molecule has 1 aromatic heterocycles. The number of rotatable bonds is 5. The maximum Gasteiger partial charge on any atom is 0.355 e. The fourth-order valence-electron chi connectivity index (χ4n) is 2.29. The van der Waals surface area contributed by atoms with Crippen LogP contribution in [0.25, 0.3) is 0 Å². The molecule has 0 radical (unpaired) electrons. The summed E-state index contributed by atoms with van der Waals surface area (Å²) < 4.78 is 0. The van der Waals surface area contributed by atoms with Gasteiger partial charge in [-0.05, 0) is 31.9 Å². The summed E-state index contributed by atoms with van der Waals surface area (Å²) in [6.07, 6.45) is 3.55. The molecule has 4 nitrogen and oxygen atoms in total. The molecule has 0 saturated heterocycles. The summed E-state index contributed by atoms with van der Waals surface area (Å²) in [5.41, 5.74) is 0.181. The number of aromatic nitrogens is 1. The summed E-state index contributed by atoms with van der Waals surface area (Å²) in [6, 6.07) is 0.446. The van der Waals surface area contributed by atoms with Crippen molar-refractivity contribution in [1.29, 1.82) is 0 Å².